The van der Waals surface area contributed by atoms with E-state index in [4.69, 9.17) is 9.47 Å². The summed E-state index contributed by atoms with van der Waals surface area (Å²) in [7, 11) is -2.23. The first-order valence-electron chi connectivity index (χ1n) is 11.2. The number of morpholine rings is 1. The van der Waals surface area contributed by atoms with Crippen LogP contribution in [0.5, 0.6) is 5.75 Å². The molecular formula is C24H31N3O5S. The van der Waals surface area contributed by atoms with E-state index in [1.165, 1.54) is 4.31 Å². The summed E-state index contributed by atoms with van der Waals surface area (Å²) in [5.41, 5.74) is 1.73. The fourth-order valence-electron chi connectivity index (χ4n) is 4.32. The molecular weight excluding hydrogens is 442 g/mol. The van der Waals surface area contributed by atoms with Crippen molar-refractivity contribution in [2.24, 2.45) is 0 Å². The number of aryl methyl sites for hydroxylation is 1. The van der Waals surface area contributed by atoms with Crippen LogP contribution in [0.1, 0.15) is 23.7 Å². The van der Waals surface area contributed by atoms with Crippen LogP contribution in [0.15, 0.2) is 53.4 Å². The molecule has 0 radical (unpaired) electrons. The molecule has 0 aliphatic carbocycles. The number of methoxy groups -OCH3 is 1. The van der Waals surface area contributed by atoms with Crippen LogP contribution in [0.3, 0.4) is 0 Å². The van der Waals surface area contributed by atoms with Gasteiger partial charge in [0.15, 0.2) is 0 Å². The van der Waals surface area contributed by atoms with Gasteiger partial charge in [-0.3, -0.25) is 9.69 Å². The van der Waals surface area contributed by atoms with Gasteiger partial charge in [0, 0.05) is 26.2 Å². The van der Waals surface area contributed by atoms with Gasteiger partial charge in [-0.2, -0.15) is 4.31 Å². The third kappa shape index (κ3) is 5.22. The van der Waals surface area contributed by atoms with E-state index in [0.717, 1.165) is 11.1 Å². The van der Waals surface area contributed by atoms with E-state index in [9.17, 15) is 13.2 Å². The highest BCUT2D eigenvalue weighted by Crippen LogP contribution is 2.35. The summed E-state index contributed by atoms with van der Waals surface area (Å²) in [6.45, 7) is 5.59. The Kier molecular flexibility index (Phi) is 7.33. The summed E-state index contributed by atoms with van der Waals surface area (Å²) in [5, 5.41) is 0. The number of nitrogens with zero attached hydrogens (tertiary/aromatic N) is 3. The molecule has 0 unspecified atom stereocenters. The van der Waals surface area contributed by atoms with Crippen molar-refractivity contribution in [1.82, 2.24) is 14.1 Å². The Bertz CT molecular complexity index is 1050. The van der Waals surface area contributed by atoms with Crippen molar-refractivity contribution < 1.29 is 22.7 Å². The van der Waals surface area contributed by atoms with Gasteiger partial charge in [0.2, 0.25) is 15.9 Å². The summed E-state index contributed by atoms with van der Waals surface area (Å²) >= 11 is 0. The van der Waals surface area contributed by atoms with Crippen molar-refractivity contribution in [2.75, 3.05) is 53.0 Å². The SMILES string of the molecule is COc1ccc([C@H]2N(C(=O)CN3CCOCC3)CCCN2S(=O)(=O)c2ccc(C)cc2)cc1. The van der Waals surface area contributed by atoms with E-state index in [-0.39, 0.29) is 17.3 Å². The second-order valence-corrected chi connectivity index (χ2v) is 10.3. The lowest BCUT2D eigenvalue weighted by Gasteiger charge is -2.44. The molecule has 0 spiro atoms. The lowest BCUT2D eigenvalue weighted by Crippen LogP contribution is -2.54. The van der Waals surface area contributed by atoms with E-state index < -0.39 is 16.2 Å². The van der Waals surface area contributed by atoms with Crippen LogP contribution >= 0.6 is 0 Å². The quantitative estimate of drug-likeness (QED) is 0.640. The van der Waals surface area contributed by atoms with E-state index in [0.29, 0.717) is 51.6 Å². The van der Waals surface area contributed by atoms with Crippen LogP contribution in [0.4, 0.5) is 0 Å². The molecule has 1 amide bonds. The minimum absolute atomic E-state index is 0.0819. The molecule has 2 saturated heterocycles. The molecule has 2 aliphatic heterocycles. The van der Waals surface area contributed by atoms with E-state index in [2.05, 4.69) is 4.90 Å². The van der Waals surface area contributed by atoms with Crippen LogP contribution in [-0.2, 0) is 19.6 Å². The van der Waals surface area contributed by atoms with Gasteiger partial charge in [-0.25, -0.2) is 8.42 Å². The number of rotatable bonds is 6. The highest BCUT2D eigenvalue weighted by Gasteiger charge is 2.41. The van der Waals surface area contributed by atoms with Crippen molar-refractivity contribution in [3.05, 3.63) is 59.7 Å². The maximum atomic E-state index is 13.7. The van der Waals surface area contributed by atoms with Crippen molar-refractivity contribution in [1.29, 1.82) is 0 Å². The van der Waals surface area contributed by atoms with Crippen LogP contribution in [0, 0.1) is 6.92 Å². The molecule has 0 bridgehead atoms. The summed E-state index contributed by atoms with van der Waals surface area (Å²) in [4.78, 5) is 17.4. The Labute approximate surface area is 195 Å². The molecule has 0 saturated carbocycles. The van der Waals surface area contributed by atoms with Crippen molar-refractivity contribution >= 4 is 15.9 Å². The maximum absolute atomic E-state index is 13.7. The molecule has 2 aliphatic rings. The monoisotopic (exact) mass is 473 g/mol. The molecule has 8 nitrogen and oxygen atoms in total. The van der Waals surface area contributed by atoms with Crippen LogP contribution in [-0.4, -0.2) is 81.5 Å². The topological polar surface area (TPSA) is 79.4 Å². The van der Waals surface area contributed by atoms with Gasteiger partial charge >= 0.3 is 0 Å². The third-order valence-electron chi connectivity index (χ3n) is 6.17. The Morgan fingerprint density at radius 3 is 2.30 bits per heavy atom. The van der Waals surface area contributed by atoms with Crippen LogP contribution in [0.2, 0.25) is 0 Å². The van der Waals surface area contributed by atoms with Gasteiger partial charge in [0.05, 0.1) is 31.8 Å². The van der Waals surface area contributed by atoms with E-state index in [1.54, 1.807) is 48.4 Å². The summed E-state index contributed by atoms with van der Waals surface area (Å²) < 4.78 is 39.5. The van der Waals surface area contributed by atoms with Crippen LogP contribution in [0.25, 0.3) is 0 Å². The maximum Gasteiger partial charge on any atom is 0.245 e. The lowest BCUT2D eigenvalue weighted by atomic mass is 10.1. The minimum atomic E-state index is -3.82. The second kappa shape index (κ2) is 10.2. The minimum Gasteiger partial charge on any atom is -0.497 e. The largest absolute Gasteiger partial charge is 0.497 e. The molecule has 2 fully saturated rings. The smallest absolute Gasteiger partial charge is 0.245 e. The Balaban J connectivity index is 1.69. The molecule has 4 rings (SSSR count). The fourth-order valence-corrected chi connectivity index (χ4v) is 5.94. The van der Waals surface area contributed by atoms with Crippen molar-refractivity contribution in [3.63, 3.8) is 0 Å². The molecule has 2 heterocycles. The van der Waals surface area contributed by atoms with Crippen molar-refractivity contribution in [2.45, 2.75) is 24.4 Å². The van der Waals surface area contributed by atoms with E-state index in [1.807, 2.05) is 19.1 Å². The number of carbonyl (C=O) groups excluding carboxylic acids is 1. The molecule has 9 heteroatoms. The first-order valence-corrected chi connectivity index (χ1v) is 12.7. The second-order valence-electron chi connectivity index (χ2n) is 8.40. The zero-order valence-electron chi connectivity index (χ0n) is 19.1. The first-order chi connectivity index (χ1) is 15.9. The zero-order valence-corrected chi connectivity index (χ0v) is 20.0. The highest BCUT2D eigenvalue weighted by molar-refractivity contribution is 7.89. The lowest BCUT2D eigenvalue weighted by molar-refractivity contribution is -0.140. The summed E-state index contributed by atoms with van der Waals surface area (Å²) in [6, 6.07) is 14.1. The number of carbonyl (C=O) groups is 1. The van der Waals surface area contributed by atoms with Gasteiger partial charge in [-0.1, -0.05) is 29.8 Å². The number of hydrogen-bond acceptors (Lipinski definition) is 6. The van der Waals surface area contributed by atoms with Gasteiger partial charge in [0.25, 0.3) is 0 Å². The van der Waals surface area contributed by atoms with Gasteiger partial charge in [-0.05, 0) is 43.2 Å². The van der Waals surface area contributed by atoms with E-state index >= 15 is 0 Å². The third-order valence-corrected chi connectivity index (χ3v) is 8.04. The van der Waals surface area contributed by atoms with Gasteiger partial charge in [-0.15, -0.1) is 0 Å². The molecule has 33 heavy (non-hydrogen) atoms. The van der Waals surface area contributed by atoms with Crippen LogP contribution < -0.4 is 4.74 Å². The first kappa shape index (κ1) is 23.7. The standard InChI is InChI=1S/C24H31N3O5S/c1-19-4-10-22(11-5-19)33(29,30)27-13-3-12-26(23(28)18-25-14-16-32-17-15-25)24(27)20-6-8-21(31-2)9-7-20/h4-11,24H,3,12-18H2,1-2H3/t24-/m0/s1. The molecule has 2 aromatic rings. The summed E-state index contributed by atoms with van der Waals surface area (Å²) in [6.07, 6.45) is -0.142. The number of benzene rings is 2. The van der Waals surface area contributed by atoms with Gasteiger partial charge in [0.1, 0.15) is 11.9 Å². The average Bonchev–Trinajstić information content (AvgIpc) is 2.84. The Morgan fingerprint density at radius 2 is 1.67 bits per heavy atom. The summed E-state index contributed by atoms with van der Waals surface area (Å²) in [5.74, 6) is 0.593. The fraction of sp³-hybridized carbons (Fsp3) is 0.458. The number of ether oxygens (including phenoxy) is 2. The normalized spacial score (nSPS) is 20.5. The molecule has 2 aromatic carbocycles. The van der Waals surface area contributed by atoms with Gasteiger partial charge < -0.3 is 14.4 Å². The average molecular weight is 474 g/mol. The Hall–Kier alpha value is -2.46. The molecule has 0 N–H and O–H groups in total. The molecule has 1 atom stereocenters. The predicted octanol–water partition coefficient (Wildman–Crippen LogP) is 2.26. The zero-order chi connectivity index (χ0) is 23.4. The Morgan fingerprint density at radius 1 is 1.00 bits per heavy atom. The molecule has 178 valence electrons. The number of hydrogen-bond donors (Lipinski definition) is 0. The van der Waals surface area contributed by atoms with Crippen molar-refractivity contribution in [3.8, 4) is 5.75 Å². The number of sulfonamides is 1. The molecule has 0 aromatic heterocycles. The predicted molar refractivity (Wildman–Crippen MR) is 124 cm³/mol. The number of amides is 1. The highest BCUT2D eigenvalue weighted by atomic mass is 32.2.